The van der Waals surface area contributed by atoms with Crippen molar-refractivity contribution in [3.05, 3.63) is 275 Å². The van der Waals surface area contributed by atoms with Crippen LogP contribution in [0.3, 0.4) is 0 Å². The summed E-state index contributed by atoms with van der Waals surface area (Å²) in [6.45, 7) is 19.2. The summed E-state index contributed by atoms with van der Waals surface area (Å²) in [6, 6.07) is 67.0. The number of aryl methyl sites for hydroxylation is 9. The second-order valence-corrected chi connectivity index (χ2v) is 15.3. The molecule has 8 aromatic rings. The van der Waals surface area contributed by atoms with Crippen molar-refractivity contribution in [2.75, 3.05) is 0 Å². The number of pyridine rings is 2. The summed E-state index contributed by atoms with van der Waals surface area (Å²) in [6.07, 6.45) is 14.4. The van der Waals surface area contributed by atoms with Crippen molar-refractivity contribution >= 4 is 0 Å². The van der Waals surface area contributed by atoms with Crippen molar-refractivity contribution in [2.24, 2.45) is 0 Å². The minimum Gasteiger partial charge on any atom is -0.264 e. The number of hydrogen-bond donors (Lipinski definition) is 0. The van der Waals surface area contributed by atoms with Crippen LogP contribution < -0.4 is 0 Å². The van der Waals surface area contributed by atoms with Gasteiger partial charge in [-0.15, -0.1) is 0 Å². The normalized spacial score (nSPS) is 9.10. The highest BCUT2D eigenvalue weighted by molar-refractivity contribution is 5.21. The van der Waals surface area contributed by atoms with Gasteiger partial charge in [0.05, 0.1) is 0 Å². The molecular formula is C64H83FN2. The fourth-order valence-electron chi connectivity index (χ4n) is 5.65. The second kappa shape index (κ2) is 42.2. The lowest BCUT2D eigenvalue weighted by Crippen LogP contribution is -1.81. The molecule has 356 valence electrons. The second-order valence-electron chi connectivity index (χ2n) is 15.3. The van der Waals surface area contributed by atoms with E-state index in [1.165, 1.54) is 69.5 Å². The summed E-state index contributed by atoms with van der Waals surface area (Å²) in [5.41, 5.74) is 12.0. The van der Waals surface area contributed by atoms with Crippen molar-refractivity contribution in [1.82, 2.24) is 9.97 Å². The van der Waals surface area contributed by atoms with E-state index >= 15 is 0 Å². The number of rotatable bonds is 8. The summed E-state index contributed by atoms with van der Waals surface area (Å²) >= 11 is 0. The molecule has 0 unspecified atom stereocenters. The summed E-state index contributed by atoms with van der Waals surface area (Å²) in [5.74, 6) is -0.160. The average Bonchev–Trinajstić information content (AvgIpc) is 3.40. The van der Waals surface area contributed by atoms with Crippen LogP contribution >= 0.6 is 0 Å². The van der Waals surface area contributed by atoms with E-state index in [-0.39, 0.29) is 13.2 Å². The van der Waals surface area contributed by atoms with Crippen molar-refractivity contribution in [3.63, 3.8) is 0 Å². The Balaban J connectivity index is 0.000000742. The first-order chi connectivity index (χ1) is 32.2. The topological polar surface area (TPSA) is 25.8 Å². The molecule has 2 heterocycles. The van der Waals surface area contributed by atoms with Crippen molar-refractivity contribution < 1.29 is 4.39 Å². The molecule has 3 heteroatoms. The van der Waals surface area contributed by atoms with Gasteiger partial charge in [-0.1, -0.05) is 243 Å². The van der Waals surface area contributed by atoms with Gasteiger partial charge in [-0.2, -0.15) is 0 Å². The zero-order valence-corrected chi connectivity index (χ0v) is 41.7. The maximum absolute atomic E-state index is 12.2. The monoisotopic (exact) mass is 899 g/mol. The number of hydrogen-bond acceptors (Lipinski definition) is 2. The maximum Gasteiger partial charge on any atom is 0.123 e. The minimum atomic E-state index is -0.160. The molecule has 2 aromatic heterocycles. The molecule has 0 bridgehead atoms. The third-order valence-corrected chi connectivity index (χ3v) is 9.89. The van der Waals surface area contributed by atoms with E-state index in [0.717, 1.165) is 44.2 Å². The van der Waals surface area contributed by atoms with Crippen LogP contribution in [0.5, 0.6) is 0 Å². The quantitative estimate of drug-likeness (QED) is 0.152. The van der Waals surface area contributed by atoms with Crippen LogP contribution in [0.15, 0.2) is 219 Å². The van der Waals surface area contributed by atoms with Gasteiger partial charge in [0.25, 0.3) is 0 Å². The van der Waals surface area contributed by atoms with Gasteiger partial charge < -0.3 is 0 Å². The van der Waals surface area contributed by atoms with Gasteiger partial charge in [0.1, 0.15) is 5.82 Å². The zero-order valence-electron chi connectivity index (χ0n) is 41.7. The number of aromatic nitrogens is 2. The first kappa shape index (κ1) is 60.6. The third kappa shape index (κ3) is 33.7. The molecular weight excluding hydrogens is 816 g/mol. The number of benzene rings is 6. The van der Waals surface area contributed by atoms with Gasteiger partial charge in [0.15, 0.2) is 0 Å². The van der Waals surface area contributed by atoms with Crippen LogP contribution in [-0.4, -0.2) is 9.97 Å². The first-order valence-electron chi connectivity index (χ1n) is 23.9. The zero-order chi connectivity index (χ0) is 48.3. The van der Waals surface area contributed by atoms with E-state index in [4.69, 9.17) is 0 Å². The molecule has 6 aromatic carbocycles. The highest BCUT2D eigenvalue weighted by Crippen LogP contribution is 2.04. The molecule has 67 heavy (non-hydrogen) atoms. The smallest absolute Gasteiger partial charge is 0.123 e. The lowest BCUT2D eigenvalue weighted by atomic mass is 10.1. The molecule has 0 N–H and O–H groups in total. The molecule has 0 fully saturated rings. The summed E-state index contributed by atoms with van der Waals surface area (Å²) in [5, 5.41) is 0. The van der Waals surface area contributed by atoms with E-state index in [1.54, 1.807) is 18.3 Å². The molecule has 0 aliphatic carbocycles. The highest BCUT2D eigenvalue weighted by Gasteiger charge is 1.89. The van der Waals surface area contributed by atoms with Crippen molar-refractivity contribution in [1.29, 1.82) is 0 Å². The Morgan fingerprint density at radius 1 is 0.343 bits per heavy atom. The Bertz CT molecular complexity index is 1990. The van der Waals surface area contributed by atoms with E-state index < -0.39 is 0 Å². The van der Waals surface area contributed by atoms with E-state index in [0.29, 0.717) is 0 Å². The summed E-state index contributed by atoms with van der Waals surface area (Å²) in [4.78, 5) is 8.05. The van der Waals surface area contributed by atoms with Gasteiger partial charge in [0.2, 0.25) is 0 Å². The fourth-order valence-corrected chi connectivity index (χ4v) is 5.65. The standard InChI is InChI=1S/2C9H12.C8H9F.2C8H10.2C7H9N.C7H8.CH4/c1-3-9-6-4-8(2)5-7-9;1-2-6-9-7-4-3-5-8-9;1-2-7-3-5-8(9)6-4-7;2*1-2-8-6-4-3-5-7-8;1-2-7-4-3-5-8-6-7;1-2-7-5-3-4-6-8-7;1-7-5-3-2-4-6-7;/h4-7H,3H2,1-2H3;3-5,7-8H,2,6H2,1H3;3-6H,2H2,1H3;2*3-7H,2H2,1H3;2*3-6H,2H2,1H3;2-6H,1H3;1H4. The lowest BCUT2D eigenvalue weighted by molar-refractivity contribution is 0.627. The molecule has 8 rings (SSSR count). The van der Waals surface area contributed by atoms with Gasteiger partial charge >= 0.3 is 0 Å². The summed E-state index contributed by atoms with van der Waals surface area (Å²) < 4.78 is 12.2. The predicted octanol–water partition coefficient (Wildman–Crippen LogP) is 18.0. The minimum absolute atomic E-state index is 0. The molecule has 0 spiro atoms. The van der Waals surface area contributed by atoms with Gasteiger partial charge in [-0.05, 0) is 123 Å². The Kier molecular flexibility index (Phi) is 38.1. The van der Waals surface area contributed by atoms with Crippen molar-refractivity contribution in [3.8, 4) is 0 Å². The van der Waals surface area contributed by atoms with E-state index in [1.807, 2.05) is 73.9 Å². The highest BCUT2D eigenvalue weighted by atomic mass is 19.1. The average molecular weight is 899 g/mol. The van der Waals surface area contributed by atoms with Crippen LogP contribution in [0.4, 0.5) is 4.39 Å². The lowest BCUT2D eigenvalue weighted by Gasteiger charge is -1.94. The molecule has 0 saturated carbocycles. The summed E-state index contributed by atoms with van der Waals surface area (Å²) in [7, 11) is 0. The van der Waals surface area contributed by atoms with Crippen LogP contribution in [-0.2, 0) is 44.9 Å². The molecule has 0 atom stereocenters. The Hall–Kier alpha value is -6.45. The number of halogens is 1. The fraction of sp³-hybridized carbons (Fsp3) is 0.281. The van der Waals surface area contributed by atoms with Gasteiger partial charge in [0, 0.05) is 24.3 Å². The molecule has 0 aliphatic heterocycles. The van der Waals surface area contributed by atoms with Crippen LogP contribution in [0.1, 0.15) is 113 Å². The van der Waals surface area contributed by atoms with E-state index in [9.17, 15) is 4.39 Å². The van der Waals surface area contributed by atoms with Crippen LogP contribution in [0.2, 0.25) is 0 Å². The molecule has 2 nitrogen and oxygen atoms in total. The largest absolute Gasteiger partial charge is 0.264 e. The molecule has 0 amide bonds. The van der Waals surface area contributed by atoms with Crippen molar-refractivity contribution in [2.45, 2.75) is 121 Å². The van der Waals surface area contributed by atoms with E-state index in [2.05, 4.69) is 187 Å². The first-order valence-corrected chi connectivity index (χ1v) is 23.9. The Morgan fingerprint density at radius 3 is 1.01 bits per heavy atom. The van der Waals surface area contributed by atoms with Crippen LogP contribution in [0.25, 0.3) is 0 Å². The molecule has 0 radical (unpaired) electrons. The predicted molar refractivity (Wildman–Crippen MR) is 294 cm³/mol. The van der Waals surface area contributed by atoms with Crippen LogP contribution in [0, 0.1) is 19.7 Å². The Labute approximate surface area is 408 Å². The van der Waals surface area contributed by atoms with Gasteiger partial charge in [-0.25, -0.2) is 4.39 Å². The Morgan fingerprint density at radius 2 is 0.716 bits per heavy atom. The SMILES string of the molecule is C.CCCc1ccccc1.CCc1ccc(C)cc1.CCc1ccc(F)cc1.CCc1ccccc1.CCc1ccccc1.CCc1ccccn1.CCc1cccnc1.Cc1ccccc1. The maximum atomic E-state index is 12.2. The molecule has 0 aliphatic rings. The third-order valence-electron chi connectivity index (χ3n) is 9.89. The van der Waals surface area contributed by atoms with Gasteiger partial charge in [-0.3, -0.25) is 9.97 Å². The number of nitrogens with zero attached hydrogens (tertiary/aromatic N) is 2. The molecule has 0 saturated heterocycles.